The van der Waals surface area contributed by atoms with Gasteiger partial charge in [0.05, 0.1) is 0 Å². The summed E-state index contributed by atoms with van der Waals surface area (Å²) in [6.07, 6.45) is 0. The van der Waals surface area contributed by atoms with Gasteiger partial charge < -0.3 is 5.32 Å². The van der Waals surface area contributed by atoms with Crippen molar-refractivity contribution in [2.75, 3.05) is 5.32 Å². The van der Waals surface area contributed by atoms with E-state index in [1.54, 1.807) is 0 Å². The molecule has 0 fully saturated rings. The fourth-order valence-electron chi connectivity index (χ4n) is 3.66. The Balaban J connectivity index is 1.51. The summed E-state index contributed by atoms with van der Waals surface area (Å²) in [6, 6.07) is 38.5. The molecule has 0 unspecified atom stereocenters. The minimum Gasteiger partial charge on any atom is -0.355 e. The minimum atomic E-state index is 1.09. The highest BCUT2D eigenvalue weighted by Crippen LogP contribution is 2.29. The van der Waals surface area contributed by atoms with Crippen molar-refractivity contribution < 1.29 is 0 Å². The van der Waals surface area contributed by atoms with Crippen LogP contribution < -0.4 is 5.32 Å². The van der Waals surface area contributed by atoms with Gasteiger partial charge in [0.2, 0.25) is 0 Å². The van der Waals surface area contributed by atoms with Crippen molar-refractivity contribution in [3.8, 4) is 11.1 Å². The van der Waals surface area contributed by atoms with Crippen LogP contribution in [0.1, 0.15) is 0 Å². The molecule has 0 saturated heterocycles. The van der Waals surface area contributed by atoms with Gasteiger partial charge in [-0.05, 0) is 56.9 Å². The molecule has 0 bridgehead atoms. The van der Waals surface area contributed by atoms with Gasteiger partial charge in [-0.3, -0.25) is 0 Å². The lowest BCUT2D eigenvalue weighted by atomic mass is 10.0. The van der Waals surface area contributed by atoms with E-state index in [9.17, 15) is 0 Å². The number of fused-ring (bicyclic) bond motifs is 3. The maximum Gasteiger partial charge on any atom is 0.0390 e. The largest absolute Gasteiger partial charge is 0.355 e. The van der Waals surface area contributed by atoms with E-state index in [0.717, 1.165) is 11.4 Å². The molecule has 1 nitrogen and oxygen atoms in total. The Kier molecular flexibility index (Phi) is 3.84. The Morgan fingerprint density at radius 3 is 2.04 bits per heavy atom. The molecule has 0 spiro atoms. The normalized spacial score (nSPS) is 11.0. The summed E-state index contributed by atoms with van der Waals surface area (Å²) in [5, 5.41) is 8.67. The average molecular weight is 345 g/mol. The molecule has 5 rings (SSSR count). The summed E-state index contributed by atoms with van der Waals surface area (Å²) in [7, 11) is 0. The smallest absolute Gasteiger partial charge is 0.0390 e. The standard InChI is InChI=1S/C26H19N/c1-2-7-19(8-3-1)21-10-6-11-23(17-21)27-24-15-16-26-22(18-24)14-13-20-9-4-5-12-25(20)26/h1-18,27H. The molecule has 0 aliphatic rings. The zero-order valence-corrected chi connectivity index (χ0v) is 14.9. The maximum atomic E-state index is 3.55. The Morgan fingerprint density at radius 1 is 0.407 bits per heavy atom. The van der Waals surface area contributed by atoms with Gasteiger partial charge in [-0.15, -0.1) is 0 Å². The van der Waals surface area contributed by atoms with Crippen LogP contribution in [0, 0.1) is 0 Å². The topological polar surface area (TPSA) is 12.0 Å². The lowest BCUT2D eigenvalue weighted by Gasteiger charge is -2.11. The molecule has 0 saturated carbocycles. The molecular formula is C26H19N. The third kappa shape index (κ3) is 3.04. The predicted molar refractivity (Wildman–Crippen MR) is 117 cm³/mol. The molecule has 1 N–H and O–H groups in total. The summed E-state index contributed by atoms with van der Waals surface area (Å²) in [6.45, 7) is 0. The molecule has 0 aromatic heterocycles. The van der Waals surface area contributed by atoms with Gasteiger partial charge >= 0.3 is 0 Å². The zero-order chi connectivity index (χ0) is 18.1. The second kappa shape index (κ2) is 6.62. The number of nitrogens with one attached hydrogen (secondary N) is 1. The van der Waals surface area contributed by atoms with Crippen LogP contribution in [0.4, 0.5) is 11.4 Å². The summed E-state index contributed by atoms with van der Waals surface area (Å²) in [5.74, 6) is 0. The highest BCUT2D eigenvalue weighted by Gasteiger charge is 2.03. The number of hydrogen-bond acceptors (Lipinski definition) is 1. The minimum absolute atomic E-state index is 1.09. The molecule has 0 amide bonds. The second-order valence-corrected chi connectivity index (χ2v) is 6.79. The van der Waals surface area contributed by atoms with E-state index in [-0.39, 0.29) is 0 Å². The van der Waals surface area contributed by atoms with Crippen LogP contribution in [-0.2, 0) is 0 Å². The van der Waals surface area contributed by atoms with E-state index >= 15 is 0 Å². The highest BCUT2D eigenvalue weighted by atomic mass is 14.9. The summed E-state index contributed by atoms with van der Waals surface area (Å²) >= 11 is 0. The van der Waals surface area contributed by atoms with Crippen LogP contribution in [0.3, 0.4) is 0 Å². The van der Waals surface area contributed by atoms with Crippen molar-refractivity contribution in [3.63, 3.8) is 0 Å². The summed E-state index contributed by atoms with van der Waals surface area (Å²) in [5.41, 5.74) is 4.64. The van der Waals surface area contributed by atoms with Crippen molar-refractivity contribution >= 4 is 32.9 Å². The Bertz CT molecular complexity index is 1240. The molecule has 0 aliphatic carbocycles. The fraction of sp³-hybridized carbons (Fsp3) is 0. The Hall–Kier alpha value is -3.58. The number of rotatable bonds is 3. The average Bonchev–Trinajstić information content (AvgIpc) is 2.74. The maximum absolute atomic E-state index is 3.55. The van der Waals surface area contributed by atoms with Gasteiger partial charge in [0.25, 0.3) is 0 Å². The van der Waals surface area contributed by atoms with Crippen molar-refractivity contribution in [3.05, 3.63) is 109 Å². The number of anilines is 2. The van der Waals surface area contributed by atoms with Gasteiger partial charge in [-0.2, -0.15) is 0 Å². The first-order valence-electron chi connectivity index (χ1n) is 9.21. The molecule has 0 atom stereocenters. The number of hydrogen-bond donors (Lipinski definition) is 1. The molecular weight excluding hydrogens is 326 g/mol. The quantitative estimate of drug-likeness (QED) is 0.336. The van der Waals surface area contributed by atoms with E-state index in [0.29, 0.717) is 0 Å². The van der Waals surface area contributed by atoms with Gasteiger partial charge in [0.1, 0.15) is 0 Å². The fourth-order valence-corrected chi connectivity index (χ4v) is 3.66. The van der Waals surface area contributed by atoms with Crippen LogP contribution in [0.25, 0.3) is 32.7 Å². The van der Waals surface area contributed by atoms with E-state index in [2.05, 4.69) is 108 Å². The SMILES string of the molecule is c1ccc(-c2cccc(Nc3ccc4c(ccc5ccccc54)c3)c2)cc1. The van der Waals surface area contributed by atoms with Crippen LogP contribution in [0.5, 0.6) is 0 Å². The van der Waals surface area contributed by atoms with Crippen LogP contribution in [0.2, 0.25) is 0 Å². The lowest BCUT2D eigenvalue weighted by Crippen LogP contribution is -1.91. The van der Waals surface area contributed by atoms with E-state index in [1.807, 2.05) is 6.07 Å². The van der Waals surface area contributed by atoms with Crippen LogP contribution >= 0.6 is 0 Å². The summed E-state index contributed by atoms with van der Waals surface area (Å²) in [4.78, 5) is 0. The van der Waals surface area contributed by atoms with Gasteiger partial charge in [0.15, 0.2) is 0 Å². The second-order valence-electron chi connectivity index (χ2n) is 6.79. The first-order valence-corrected chi connectivity index (χ1v) is 9.21. The van der Waals surface area contributed by atoms with E-state index < -0.39 is 0 Å². The summed E-state index contributed by atoms with van der Waals surface area (Å²) < 4.78 is 0. The van der Waals surface area contributed by atoms with E-state index in [4.69, 9.17) is 0 Å². The van der Waals surface area contributed by atoms with Crippen molar-refractivity contribution in [1.82, 2.24) is 0 Å². The molecule has 27 heavy (non-hydrogen) atoms. The molecule has 0 radical (unpaired) electrons. The van der Waals surface area contributed by atoms with Crippen molar-refractivity contribution in [2.45, 2.75) is 0 Å². The predicted octanol–water partition coefficient (Wildman–Crippen LogP) is 7.40. The lowest BCUT2D eigenvalue weighted by molar-refractivity contribution is 1.55. The molecule has 5 aromatic rings. The van der Waals surface area contributed by atoms with Gasteiger partial charge in [-0.1, -0.05) is 84.9 Å². The third-order valence-electron chi connectivity index (χ3n) is 5.00. The third-order valence-corrected chi connectivity index (χ3v) is 5.00. The number of benzene rings is 5. The molecule has 128 valence electrons. The van der Waals surface area contributed by atoms with Gasteiger partial charge in [0, 0.05) is 11.4 Å². The molecule has 0 aliphatic heterocycles. The Morgan fingerprint density at radius 2 is 1.11 bits per heavy atom. The van der Waals surface area contributed by atoms with Gasteiger partial charge in [-0.25, -0.2) is 0 Å². The molecule has 1 heteroatoms. The highest BCUT2D eigenvalue weighted by molar-refractivity contribution is 6.08. The van der Waals surface area contributed by atoms with Crippen molar-refractivity contribution in [1.29, 1.82) is 0 Å². The Labute approximate surface area is 158 Å². The van der Waals surface area contributed by atoms with Crippen LogP contribution in [-0.4, -0.2) is 0 Å². The zero-order valence-electron chi connectivity index (χ0n) is 14.9. The van der Waals surface area contributed by atoms with Crippen LogP contribution in [0.15, 0.2) is 109 Å². The monoisotopic (exact) mass is 345 g/mol. The van der Waals surface area contributed by atoms with E-state index in [1.165, 1.54) is 32.7 Å². The first-order chi connectivity index (χ1) is 13.4. The first kappa shape index (κ1) is 15.7. The molecule has 5 aromatic carbocycles. The van der Waals surface area contributed by atoms with Crippen molar-refractivity contribution in [2.24, 2.45) is 0 Å². The molecule has 0 heterocycles.